The minimum absolute atomic E-state index is 0.227. The maximum absolute atomic E-state index is 12.2. The molecular formula is C18H30N2OS. The van der Waals surface area contributed by atoms with Gasteiger partial charge < -0.3 is 10.2 Å². The van der Waals surface area contributed by atoms with Gasteiger partial charge in [-0.1, -0.05) is 12.2 Å². The van der Waals surface area contributed by atoms with Crippen molar-refractivity contribution >= 4 is 17.7 Å². The van der Waals surface area contributed by atoms with Gasteiger partial charge in [0.05, 0.1) is 0 Å². The lowest BCUT2D eigenvalue weighted by atomic mass is 9.92. The van der Waals surface area contributed by atoms with Crippen molar-refractivity contribution in [3.63, 3.8) is 0 Å². The summed E-state index contributed by atoms with van der Waals surface area (Å²) in [4.78, 5) is 14.9. The van der Waals surface area contributed by atoms with Crippen molar-refractivity contribution in [3.8, 4) is 0 Å². The first-order chi connectivity index (χ1) is 10.8. The minimum Gasteiger partial charge on any atom is -0.356 e. The SMILES string of the molecule is O=C(NCC1CCN(C2CCSCC2)CC1)[C@@H]1CC=CCC1. The van der Waals surface area contributed by atoms with E-state index in [0.29, 0.717) is 5.92 Å². The third kappa shape index (κ3) is 4.51. The second kappa shape index (κ2) is 8.39. The predicted octanol–water partition coefficient (Wildman–Crippen LogP) is 3.07. The third-order valence-corrected chi connectivity index (χ3v) is 6.61. The molecular weight excluding hydrogens is 292 g/mol. The van der Waals surface area contributed by atoms with E-state index in [0.717, 1.165) is 31.8 Å². The molecule has 0 aromatic carbocycles. The number of carbonyl (C=O) groups excluding carboxylic acids is 1. The average molecular weight is 323 g/mol. The van der Waals surface area contributed by atoms with Gasteiger partial charge in [-0.25, -0.2) is 0 Å². The molecule has 0 spiro atoms. The Kier molecular flexibility index (Phi) is 6.25. The molecule has 3 rings (SSSR count). The summed E-state index contributed by atoms with van der Waals surface area (Å²) in [6, 6.07) is 0.839. The van der Waals surface area contributed by atoms with E-state index in [1.165, 1.54) is 50.3 Å². The molecule has 22 heavy (non-hydrogen) atoms. The van der Waals surface area contributed by atoms with E-state index in [1.807, 2.05) is 0 Å². The molecule has 2 heterocycles. The van der Waals surface area contributed by atoms with Gasteiger partial charge in [0.15, 0.2) is 0 Å². The lowest BCUT2D eigenvalue weighted by Gasteiger charge is -2.39. The smallest absolute Gasteiger partial charge is 0.223 e. The fourth-order valence-corrected chi connectivity index (χ4v) is 5.08. The number of carbonyl (C=O) groups is 1. The lowest BCUT2D eigenvalue weighted by Crippen LogP contribution is -2.45. The van der Waals surface area contributed by atoms with Crippen molar-refractivity contribution in [2.24, 2.45) is 11.8 Å². The van der Waals surface area contributed by atoms with Crippen LogP contribution in [0.4, 0.5) is 0 Å². The third-order valence-electron chi connectivity index (χ3n) is 5.56. The summed E-state index contributed by atoms with van der Waals surface area (Å²) in [7, 11) is 0. The maximum Gasteiger partial charge on any atom is 0.223 e. The average Bonchev–Trinajstić information content (AvgIpc) is 2.61. The Hall–Kier alpha value is -0.480. The Bertz CT molecular complexity index is 385. The van der Waals surface area contributed by atoms with Gasteiger partial charge in [-0.05, 0) is 75.5 Å². The van der Waals surface area contributed by atoms with E-state index in [4.69, 9.17) is 0 Å². The van der Waals surface area contributed by atoms with E-state index in [-0.39, 0.29) is 11.8 Å². The fourth-order valence-electron chi connectivity index (χ4n) is 3.99. The number of nitrogens with one attached hydrogen (secondary N) is 1. The molecule has 2 fully saturated rings. The number of amides is 1. The van der Waals surface area contributed by atoms with Crippen LogP contribution in [0, 0.1) is 11.8 Å². The van der Waals surface area contributed by atoms with Crippen LogP contribution in [-0.2, 0) is 4.79 Å². The van der Waals surface area contributed by atoms with Gasteiger partial charge >= 0.3 is 0 Å². The van der Waals surface area contributed by atoms with E-state index < -0.39 is 0 Å². The van der Waals surface area contributed by atoms with Gasteiger partial charge in [0, 0.05) is 18.5 Å². The van der Waals surface area contributed by atoms with Crippen LogP contribution in [0.1, 0.15) is 44.9 Å². The molecule has 2 saturated heterocycles. The van der Waals surface area contributed by atoms with Crippen LogP contribution in [0.3, 0.4) is 0 Å². The molecule has 2 aliphatic heterocycles. The van der Waals surface area contributed by atoms with E-state index in [2.05, 4.69) is 34.1 Å². The van der Waals surface area contributed by atoms with Crippen LogP contribution in [0.15, 0.2) is 12.2 Å². The monoisotopic (exact) mass is 322 g/mol. The zero-order valence-electron chi connectivity index (χ0n) is 13.6. The van der Waals surface area contributed by atoms with Gasteiger partial charge in [0.25, 0.3) is 0 Å². The highest BCUT2D eigenvalue weighted by Crippen LogP contribution is 2.26. The molecule has 0 aromatic rings. The first-order valence-electron chi connectivity index (χ1n) is 9.07. The Morgan fingerprint density at radius 3 is 2.55 bits per heavy atom. The summed E-state index contributed by atoms with van der Waals surface area (Å²) in [5.74, 6) is 3.89. The van der Waals surface area contributed by atoms with E-state index >= 15 is 0 Å². The zero-order chi connectivity index (χ0) is 15.2. The normalized spacial score (nSPS) is 28.6. The Balaban J connectivity index is 1.35. The van der Waals surface area contributed by atoms with Crippen molar-refractivity contribution in [2.75, 3.05) is 31.1 Å². The Morgan fingerprint density at radius 1 is 1.09 bits per heavy atom. The number of likely N-dealkylation sites (tertiary alicyclic amines) is 1. The highest BCUT2D eigenvalue weighted by Gasteiger charge is 2.27. The maximum atomic E-state index is 12.2. The first-order valence-corrected chi connectivity index (χ1v) is 10.2. The quantitative estimate of drug-likeness (QED) is 0.807. The van der Waals surface area contributed by atoms with Crippen LogP contribution in [0.25, 0.3) is 0 Å². The van der Waals surface area contributed by atoms with Crippen molar-refractivity contribution in [1.82, 2.24) is 10.2 Å². The summed E-state index contributed by atoms with van der Waals surface area (Å²) < 4.78 is 0. The zero-order valence-corrected chi connectivity index (χ0v) is 14.5. The number of rotatable bonds is 4. The summed E-state index contributed by atoms with van der Waals surface area (Å²) in [6.07, 6.45) is 12.7. The second-order valence-electron chi connectivity index (χ2n) is 7.05. The van der Waals surface area contributed by atoms with E-state index in [1.54, 1.807) is 0 Å². The molecule has 124 valence electrons. The van der Waals surface area contributed by atoms with Gasteiger partial charge in [-0.3, -0.25) is 4.79 Å². The van der Waals surface area contributed by atoms with Crippen molar-refractivity contribution in [3.05, 3.63) is 12.2 Å². The predicted molar refractivity (Wildman–Crippen MR) is 94.1 cm³/mol. The summed E-state index contributed by atoms with van der Waals surface area (Å²) in [6.45, 7) is 3.37. The number of hydrogen-bond acceptors (Lipinski definition) is 3. The van der Waals surface area contributed by atoms with Crippen LogP contribution in [-0.4, -0.2) is 48.0 Å². The molecule has 3 aliphatic rings. The molecule has 1 amide bonds. The number of hydrogen-bond donors (Lipinski definition) is 1. The minimum atomic E-state index is 0.227. The number of thioether (sulfide) groups is 1. The van der Waals surface area contributed by atoms with Crippen molar-refractivity contribution < 1.29 is 4.79 Å². The van der Waals surface area contributed by atoms with Crippen LogP contribution < -0.4 is 5.32 Å². The number of allylic oxidation sites excluding steroid dienone is 2. The standard InChI is InChI=1S/C18H30N2OS/c21-18(16-4-2-1-3-5-16)19-14-15-6-10-20(11-7-15)17-8-12-22-13-9-17/h1-2,15-17H,3-14H2,(H,19,21)/t16-/m1/s1. The van der Waals surface area contributed by atoms with Crippen molar-refractivity contribution in [2.45, 2.75) is 51.0 Å². The molecule has 0 saturated carbocycles. The largest absolute Gasteiger partial charge is 0.356 e. The highest BCUT2D eigenvalue weighted by atomic mass is 32.2. The Labute approximate surface area is 139 Å². The fraction of sp³-hybridized carbons (Fsp3) is 0.833. The number of nitrogens with zero attached hydrogens (tertiary/aromatic N) is 1. The molecule has 4 heteroatoms. The Morgan fingerprint density at radius 2 is 1.86 bits per heavy atom. The number of piperidine rings is 1. The second-order valence-corrected chi connectivity index (χ2v) is 8.27. The molecule has 0 aromatic heterocycles. The van der Waals surface area contributed by atoms with Gasteiger partial charge in [-0.15, -0.1) is 0 Å². The molecule has 3 nitrogen and oxygen atoms in total. The topological polar surface area (TPSA) is 32.3 Å². The molecule has 0 radical (unpaired) electrons. The molecule has 1 atom stereocenters. The molecule has 0 bridgehead atoms. The molecule has 1 aliphatic carbocycles. The van der Waals surface area contributed by atoms with Gasteiger partial charge in [-0.2, -0.15) is 11.8 Å². The summed E-state index contributed by atoms with van der Waals surface area (Å²) in [5.41, 5.74) is 0. The lowest BCUT2D eigenvalue weighted by molar-refractivity contribution is -0.125. The first kappa shape index (κ1) is 16.4. The highest BCUT2D eigenvalue weighted by molar-refractivity contribution is 7.99. The van der Waals surface area contributed by atoms with Gasteiger partial charge in [0.1, 0.15) is 0 Å². The van der Waals surface area contributed by atoms with Crippen LogP contribution >= 0.6 is 11.8 Å². The van der Waals surface area contributed by atoms with Gasteiger partial charge in [0.2, 0.25) is 5.91 Å². The summed E-state index contributed by atoms with van der Waals surface area (Å²) in [5, 5.41) is 3.22. The van der Waals surface area contributed by atoms with Crippen LogP contribution in [0.5, 0.6) is 0 Å². The van der Waals surface area contributed by atoms with E-state index in [9.17, 15) is 4.79 Å². The molecule has 0 unspecified atom stereocenters. The van der Waals surface area contributed by atoms with Crippen LogP contribution in [0.2, 0.25) is 0 Å². The molecule has 1 N–H and O–H groups in total. The summed E-state index contributed by atoms with van der Waals surface area (Å²) >= 11 is 2.11. The van der Waals surface area contributed by atoms with Crippen molar-refractivity contribution in [1.29, 1.82) is 0 Å².